The van der Waals surface area contributed by atoms with Crippen LogP contribution in [0.4, 0.5) is 13.2 Å². The molecule has 5 rings (SSSR count). The van der Waals surface area contributed by atoms with Crippen LogP contribution in [-0.4, -0.2) is 21.4 Å². The topological polar surface area (TPSA) is 90.0 Å². The molecule has 2 heterocycles. The maximum absolute atomic E-state index is 14.2. The molecule has 2 aromatic heterocycles. The number of amides is 2. The van der Waals surface area contributed by atoms with Crippen LogP contribution in [0.1, 0.15) is 33.2 Å². The van der Waals surface area contributed by atoms with E-state index >= 15 is 0 Å². The van der Waals surface area contributed by atoms with E-state index in [2.05, 4.69) is 10.3 Å². The van der Waals surface area contributed by atoms with Crippen molar-refractivity contribution in [2.45, 2.75) is 25.9 Å². The fourth-order valence-electron chi connectivity index (χ4n) is 4.85. The molecule has 0 spiro atoms. The van der Waals surface area contributed by atoms with Crippen molar-refractivity contribution < 1.29 is 22.8 Å². The summed E-state index contributed by atoms with van der Waals surface area (Å²) in [5.74, 6) is -3.55. The van der Waals surface area contributed by atoms with Gasteiger partial charge in [-0.25, -0.2) is 13.2 Å². The molecule has 3 N–H and O–H groups in total. The lowest BCUT2D eigenvalue weighted by atomic mass is 9.94. The van der Waals surface area contributed by atoms with Crippen LogP contribution in [-0.2, 0) is 17.8 Å². The zero-order valence-corrected chi connectivity index (χ0v) is 21.5. The monoisotopic (exact) mass is 542 g/mol. The summed E-state index contributed by atoms with van der Waals surface area (Å²) in [6.45, 7) is 1.98. The molecule has 0 bridgehead atoms. The number of fused-ring (bicyclic) bond motifs is 1. The summed E-state index contributed by atoms with van der Waals surface area (Å²) in [5, 5.41) is 3.95. The molecule has 2 amide bonds. The summed E-state index contributed by atoms with van der Waals surface area (Å²) < 4.78 is 44.1. The van der Waals surface area contributed by atoms with Crippen molar-refractivity contribution in [3.63, 3.8) is 0 Å². The maximum Gasteiger partial charge on any atom is 0.251 e. The van der Waals surface area contributed by atoms with E-state index in [0.29, 0.717) is 22.4 Å². The summed E-state index contributed by atoms with van der Waals surface area (Å²) in [7, 11) is 0. The van der Waals surface area contributed by atoms with E-state index in [4.69, 9.17) is 5.73 Å². The first-order valence-corrected chi connectivity index (χ1v) is 12.5. The number of pyridine rings is 1. The number of nitrogens with zero attached hydrogens (tertiary/aromatic N) is 2. The zero-order valence-electron chi connectivity index (χ0n) is 21.5. The average molecular weight is 543 g/mol. The Bertz CT molecular complexity index is 1730. The molecule has 6 nitrogen and oxygen atoms in total. The molecule has 9 heteroatoms. The first-order chi connectivity index (χ1) is 19.2. The summed E-state index contributed by atoms with van der Waals surface area (Å²) >= 11 is 0. The van der Waals surface area contributed by atoms with E-state index in [0.717, 1.165) is 28.6 Å². The Kier molecular flexibility index (Phi) is 7.37. The lowest BCUT2D eigenvalue weighted by molar-refractivity contribution is -0.122. The van der Waals surface area contributed by atoms with Crippen molar-refractivity contribution in [3.05, 3.63) is 125 Å². The van der Waals surface area contributed by atoms with Crippen molar-refractivity contribution in [3.8, 4) is 11.1 Å². The number of nitrogens with one attached hydrogen (secondary N) is 1. The minimum atomic E-state index is -0.931. The predicted octanol–water partition coefficient (Wildman–Crippen LogP) is 5.63. The highest BCUT2D eigenvalue weighted by molar-refractivity contribution is 5.94. The maximum atomic E-state index is 14.2. The second kappa shape index (κ2) is 11.1. The number of hydrogen-bond acceptors (Lipinski definition) is 3. The van der Waals surface area contributed by atoms with Crippen molar-refractivity contribution in [2.24, 2.45) is 5.73 Å². The van der Waals surface area contributed by atoms with Crippen LogP contribution in [0, 0.1) is 24.4 Å². The number of carbonyl (C=O) groups excluding carboxylic acids is 2. The van der Waals surface area contributed by atoms with Crippen LogP contribution in [0.3, 0.4) is 0 Å². The van der Waals surface area contributed by atoms with Gasteiger partial charge in [-0.3, -0.25) is 14.6 Å². The van der Waals surface area contributed by atoms with E-state index in [1.165, 1.54) is 30.5 Å². The Balaban J connectivity index is 1.52. The molecule has 0 saturated carbocycles. The van der Waals surface area contributed by atoms with Gasteiger partial charge in [0.05, 0.1) is 17.3 Å². The molecular weight excluding hydrogens is 517 g/mol. The van der Waals surface area contributed by atoms with E-state index < -0.39 is 29.4 Å². The quantitative estimate of drug-likeness (QED) is 0.266. The van der Waals surface area contributed by atoms with Gasteiger partial charge in [0.25, 0.3) is 5.91 Å². The smallest absolute Gasteiger partial charge is 0.251 e. The van der Waals surface area contributed by atoms with Gasteiger partial charge in [-0.05, 0) is 78.4 Å². The third kappa shape index (κ3) is 5.73. The molecule has 1 atom stereocenters. The lowest BCUT2D eigenvalue weighted by Crippen LogP contribution is -2.33. The van der Waals surface area contributed by atoms with Crippen molar-refractivity contribution in [1.29, 1.82) is 0 Å². The number of rotatable bonds is 8. The SMILES string of the molecule is Cc1ccc2c(ccn2CC(=O)NC(Cc2cc(F)cc(F)c2)c2ncccc2-c2ccc(F)c(C(N)=O)c2)c1. The molecule has 0 aliphatic rings. The molecule has 0 aliphatic carbocycles. The predicted molar refractivity (Wildman–Crippen MR) is 146 cm³/mol. The van der Waals surface area contributed by atoms with E-state index in [-0.39, 0.29) is 24.4 Å². The molecule has 0 aliphatic heterocycles. The van der Waals surface area contributed by atoms with Crippen molar-refractivity contribution in [2.75, 3.05) is 0 Å². The van der Waals surface area contributed by atoms with Gasteiger partial charge in [0.1, 0.15) is 24.0 Å². The van der Waals surface area contributed by atoms with Crippen LogP contribution < -0.4 is 11.1 Å². The fourth-order valence-corrected chi connectivity index (χ4v) is 4.85. The average Bonchev–Trinajstić information content (AvgIpc) is 3.29. The first kappa shape index (κ1) is 26.7. The summed E-state index contributed by atoms with van der Waals surface area (Å²) in [4.78, 5) is 29.6. The largest absolute Gasteiger partial charge is 0.366 e. The molecule has 3 aromatic carbocycles. The Hall–Kier alpha value is -4.92. The summed E-state index contributed by atoms with van der Waals surface area (Å²) in [5.41, 5.74) is 8.64. The van der Waals surface area contributed by atoms with Crippen LogP contribution in [0.2, 0.25) is 0 Å². The van der Waals surface area contributed by atoms with Gasteiger partial charge in [0.2, 0.25) is 5.91 Å². The molecule has 202 valence electrons. The Labute approximate surface area is 228 Å². The zero-order chi connectivity index (χ0) is 28.4. The molecule has 5 aromatic rings. The van der Waals surface area contributed by atoms with E-state index in [9.17, 15) is 22.8 Å². The van der Waals surface area contributed by atoms with Gasteiger partial charge in [-0.1, -0.05) is 23.8 Å². The third-order valence-electron chi connectivity index (χ3n) is 6.65. The second-order valence-electron chi connectivity index (χ2n) is 9.60. The number of aryl methyl sites for hydroxylation is 1. The number of halogens is 3. The van der Waals surface area contributed by atoms with Gasteiger partial charge < -0.3 is 15.6 Å². The van der Waals surface area contributed by atoms with E-state index in [1.54, 1.807) is 12.1 Å². The number of aromatic nitrogens is 2. The van der Waals surface area contributed by atoms with Crippen LogP contribution in [0.25, 0.3) is 22.0 Å². The van der Waals surface area contributed by atoms with Gasteiger partial charge in [0.15, 0.2) is 0 Å². The summed E-state index contributed by atoms with van der Waals surface area (Å²) in [6, 6.07) is 17.4. The van der Waals surface area contributed by atoms with Gasteiger partial charge in [-0.15, -0.1) is 0 Å². The normalized spacial score (nSPS) is 11.9. The van der Waals surface area contributed by atoms with Crippen molar-refractivity contribution in [1.82, 2.24) is 14.9 Å². The molecule has 40 heavy (non-hydrogen) atoms. The van der Waals surface area contributed by atoms with Crippen molar-refractivity contribution >= 4 is 22.7 Å². The Morgan fingerprint density at radius 2 is 1.75 bits per heavy atom. The first-order valence-electron chi connectivity index (χ1n) is 12.5. The number of benzene rings is 3. The van der Waals surface area contributed by atoms with Gasteiger partial charge in [0, 0.05) is 29.5 Å². The Morgan fingerprint density at radius 1 is 0.975 bits per heavy atom. The number of nitrogens with two attached hydrogens (primary N) is 1. The van der Waals surface area contributed by atoms with Crippen LogP contribution >= 0.6 is 0 Å². The molecule has 0 radical (unpaired) electrons. The number of carbonyl (C=O) groups is 2. The number of primary amides is 1. The number of hydrogen-bond donors (Lipinski definition) is 2. The third-order valence-corrected chi connectivity index (χ3v) is 6.65. The van der Waals surface area contributed by atoms with E-state index in [1.807, 2.05) is 42.0 Å². The highest BCUT2D eigenvalue weighted by Gasteiger charge is 2.23. The minimum absolute atomic E-state index is 0.00882. The van der Waals surface area contributed by atoms with Crippen LogP contribution in [0.5, 0.6) is 0 Å². The summed E-state index contributed by atoms with van der Waals surface area (Å²) in [6.07, 6.45) is 3.35. The van der Waals surface area contributed by atoms with Gasteiger partial charge in [-0.2, -0.15) is 0 Å². The highest BCUT2D eigenvalue weighted by atomic mass is 19.1. The standard InChI is InChI=1S/C31H25F3N4O2/c1-18-4-7-28-21(11-18)8-10-38(28)17-29(39)37-27(14-19-12-22(32)16-23(33)13-19)30-24(3-2-9-36-30)20-5-6-26(34)25(15-20)31(35)40/h2-13,15-16,27H,14,17H2,1H3,(H2,35,40)(H,37,39). The molecule has 1 unspecified atom stereocenters. The highest BCUT2D eigenvalue weighted by Crippen LogP contribution is 2.30. The second-order valence-corrected chi connectivity index (χ2v) is 9.60. The fraction of sp³-hybridized carbons (Fsp3) is 0.129. The molecule has 0 fully saturated rings. The molecule has 0 saturated heterocycles. The minimum Gasteiger partial charge on any atom is -0.366 e. The van der Waals surface area contributed by atoms with Crippen LogP contribution in [0.15, 0.2) is 85.2 Å². The molecular formula is C31H25F3N4O2. The Morgan fingerprint density at radius 3 is 2.50 bits per heavy atom. The van der Waals surface area contributed by atoms with Gasteiger partial charge >= 0.3 is 0 Å². The lowest BCUT2D eigenvalue weighted by Gasteiger charge is -2.22.